The van der Waals surface area contributed by atoms with Crippen molar-refractivity contribution in [3.05, 3.63) is 11.7 Å². The van der Waals surface area contributed by atoms with Crippen LogP contribution in [0.2, 0.25) is 0 Å². The molecule has 2 rings (SSSR count). The van der Waals surface area contributed by atoms with Crippen LogP contribution in [0.5, 0.6) is 0 Å². The lowest BCUT2D eigenvalue weighted by Crippen LogP contribution is -2.32. The molecular weight excluding hydrogens is 258 g/mol. The summed E-state index contributed by atoms with van der Waals surface area (Å²) in [5.74, 6) is 1.78. The number of nitrogens with zero attached hydrogens (tertiary/aromatic N) is 2. The largest absolute Gasteiger partial charge is 0.378 e. The van der Waals surface area contributed by atoms with Crippen molar-refractivity contribution in [2.45, 2.75) is 58.3 Å². The molecule has 1 unspecified atom stereocenters. The molecule has 0 bridgehead atoms. The van der Waals surface area contributed by atoms with Crippen molar-refractivity contribution >= 4 is 0 Å². The highest BCUT2D eigenvalue weighted by Gasteiger charge is 2.31. The number of ether oxygens (including phenoxy) is 2. The maximum absolute atomic E-state index is 5.97. The van der Waals surface area contributed by atoms with E-state index < -0.39 is 0 Å². The fourth-order valence-corrected chi connectivity index (χ4v) is 2.33. The maximum Gasteiger partial charge on any atom is 0.226 e. The normalized spacial score (nSPS) is 23.9. The van der Waals surface area contributed by atoms with Gasteiger partial charge in [-0.25, -0.2) is 0 Å². The van der Waals surface area contributed by atoms with Crippen molar-refractivity contribution < 1.29 is 14.0 Å². The maximum atomic E-state index is 5.97. The zero-order chi connectivity index (χ0) is 14.5. The Bertz CT molecular complexity index is 402. The minimum absolute atomic E-state index is 0.151. The van der Waals surface area contributed by atoms with Gasteiger partial charge < -0.3 is 19.7 Å². The Morgan fingerprint density at radius 3 is 2.80 bits per heavy atom. The highest BCUT2D eigenvalue weighted by Crippen LogP contribution is 2.32. The molecule has 1 fully saturated rings. The first-order valence-electron chi connectivity index (χ1n) is 7.39. The zero-order valence-electron chi connectivity index (χ0n) is 12.5. The van der Waals surface area contributed by atoms with E-state index >= 15 is 0 Å². The highest BCUT2D eigenvalue weighted by atomic mass is 16.5. The van der Waals surface area contributed by atoms with E-state index in [4.69, 9.17) is 19.7 Å². The van der Waals surface area contributed by atoms with Gasteiger partial charge in [-0.2, -0.15) is 4.98 Å². The second-order valence-electron chi connectivity index (χ2n) is 5.65. The number of aromatic nitrogens is 2. The summed E-state index contributed by atoms with van der Waals surface area (Å²) in [6.07, 6.45) is 3.53. The average molecular weight is 283 g/mol. The van der Waals surface area contributed by atoms with Crippen molar-refractivity contribution in [3.8, 4) is 0 Å². The standard InChI is InChI=1S/C14H25N3O3/c1-4-18-11-5-10(6-11)7-13-16-14(17-20-13)12(15)8-19-9(2)3/h9-12H,4-8,15H2,1-3H3. The second-order valence-corrected chi connectivity index (χ2v) is 5.65. The van der Waals surface area contributed by atoms with Crippen LogP contribution < -0.4 is 5.73 Å². The summed E-state index contributed by atoms with van der Waals surface area (Å²) in [4.78, 5) is 4.36. The van der Waals surface area contributed by atoms with Gasteiger partial charge in [0.15, 0.2) is 5.82 Å². The Balaban J connectivity index is 1.75. The molecule has 0 aliphatic heterocycles. The summed E-state index contributed by atoms with van der Waals surface area (Å²) in [5.41, 5.74) is 5.97. The third-order valence-electron chi connectivity index (χ3n) is 3.48. The number of rotatable bonds is 8. The van der Waals surface area contributed by atoms with E-state index in [1.165, 1.54) is 0 Å². The summed E-state index contributed by atoms with van der Waals surface area (Å²) in [7, 11) is 0. The van der Waals surface area contributed by atoms with Gasteiger partial charge in [-0.3, -0.25) is 0 Å². The molecule has 1 aliphatic rings. The summed E-state index contributed by atoms with van der Waals surface area (Å²) >= 11 is 0. The SMILES string of the molecule is CCOC1CC(Cc2nc(C(N)COC(C)C)no2)C1. The van der Waals surface area contributed by atoms with Crippen LogP contribution in [0.15, 0.2) is 4.52 Å². The lowest BCUT2D eigenvalue weighted by atomic mass is 9.80. The van der Waals surface area contributed by atoms with E-state index in [2.05, 4.69) is 10.1 Å². The first-order valence-corrected chi connectivity index (χ1v) is 7.39. The average Bonchev–Trinajstić information content (AvgIpc) is 2.82. The number of hydrogen-bond donors (Lipinski definition) is 1. The third kappa shape index (κ3) is 4.26. The molecule has 1 atom stereocenters. The molecule has 20 heavy (non-hydrogen) atoms. The Hall–Kier alpha value is -0.980. The van der Waals surface area contributed by atoms with E-state index in [0.29, 0.717) is 30.3 Å². The Kier molecular flexibility index (Phi) is 5.51. The molecule has 1 aliphatic carbocycles. The van der Waals surface area contributed by atoms with Gasteiger partial charge in [0.25, 0.3) is 0 Å². The van der Waals surface area contributed by atoms with Crippen molar-refractivity contribution in [1.29, 1.82) is 0 Å². The van der Waals surface area contributed by atoms with E-state index in [1.807, 2.05) is 20.8 Å². The molecular formula is C14H25N3O3. The van der Waals surface area contributed by atoms with Gasteiger partial charge in [0.05, 0.1) is 24.9 Å². The van der Waals surface area contributed by atoms with Gasteiger partial charge in [-0.05, 0) is 39.5 Å². The smallest absolute Gasteiger partial charge is 0.226 e. The van der Waals surface area contributed by atoms with E-state index in [9.17, 15) is 0 Å². The molecule has 0 aromatic carbocycles. The Labute approximate surface area is 120 Å². The van der Waals surface area contributed by atoms with Crippen LogP contribution in [-0.2, 0) is 15.9 Å². The molecule has 6 heteroatoms. The predicted octanol–water partition coefficient (Wildman–Crippen LogP) is 1.85. The molecule has 2 N–H and O–H groups in total. The monoisotopic (exact) mass is 283 g/mol. The summed E-state index contributed by atoms with van der Waals surface area (Å²) in [6.45, 7) is 7.16. The van der Waals surface area contributed by atoms with Crippen LogP contribution in [0, 0.1) is 5.92 Å². The van der Waals surface area contributed by atoms with Crippen molar-refractivity contribution in [2.75, 3.05) is 13.2 Å². The molecule has 114 valence electrons. The highest BCUT2D eigenvalue weighted by molar-refractivity contribution is 4.96. The fourth-order valence-electron chi connectivity index (χ4n) is 2.33. The quantitative estimate of drug-likeness (QED) is 0.784. The molecule has 0 spiro atoms. The lowest BCUT2D eigenvalue weighted by Gasteiger charge is -2.33. The van der Waals surface area contributed by atoms with Gasteiger partial charge >= 0.3 is 0 Å². The minimum Gasteiger partial charge on any atom is -0.378 e. The molecule has 0 saturated heterocycles. The zero-order valence-corrected chi connectivity index (χ0v) is 12.5. The molecule has 1 saturated carbocycles. The third-order valence-corrected chi connectivity index (χ3v) is 3.48. The molecule has 1 heterocycles. The van der Waals surface area contributed by atoms with Gasteiger partial charge in [0, 0.05) is 13.0 Å². The topological polar surface area (TPSA) is 83.4 Å². The van der Waals surface area contributed by atoms with E-state index in [1.54, 1.807) is 0 Å². The van der Waals surface area contributed by atoms with Gasteiger partial charge in [0.2, 0.25) is 5.89 Å². The Morgan fingerprint density at radius 2 is 2.15 bits per heavy atom. The van der Waals surface area contributed by atoms with Crippen molar-refractivity contribution in [2.24, 2.45) is 11.7 Å². The lowest BCUT2D eigenvalue weighted by molar-refractivity contribution is -0.0258. The first-order chi connectivity index (χ1) is 9.58. The van der Waals surface area contributed by atoms with E-state index in [0.717, 1.165) is 25.9 Å². The minimum atomic E-state index is -0.326. The molecule has 0 amide bonds. The van der Waals surface area contributed by atoms with E-state index in [-0.39, 0.29) is 12.1 Å². The predicted molar refractivity (Wildman–Crippen MR) is 74.2 cm³/mol. The van der Waals surface area contributed by atoms with Crippen LogP contribution in [-0.4, -0.2) is 35.6 Å². The van der Waals surface area contributed by atoms with Crippen molar-refractivity contribution in [3.63, 3.8) is 0 Å². The summed E-state index contributed by atoms with van der Waals surface area (Å²) in [5, 5.41) is 3.94. The van der Waals surface area contributed by atoms with Gasteiger partial charge in [0.1, 0.15) is 0 Å². The molecule has 6 nitrogen and oxygen atoms in total. The fraction of sp³-hybridized carbons (Fsp3) is 0.857. The van der Waals surface area contributed by atoms with Crippen LogP contribution in [0.3, 0.4) is 0 Å². The molecule has 1 aromatic heterocycles. The summed E-state index contributed by atoms with van der Waals surface area (Å²) in [6, 6.07) is -0.326. The van der Waals surface area contributed by atoms with Crippen LogP contribution in [0.25, 0.3) is 0 Å². The van der Waals surface area contributed by atoms with Crippen LogP contribution in [0.1, 0.15) is 51.4 Å². The number of nitrogens with two attached hydrogens (primary N) is 1. The van der Waals surface area contributed by atoms with Crippen LogP contribution >= 0.6 is 0 Å². The van der Waals surface area contributed by atoms with Gasteiger partial charge in [-0.1, -0.05) is 5.16 Å². The molecule has 1 aromatic rings. The second kappa shape index (κ2) is 7.15. The van der Waals surface area contributed by atoms with Gasteiger partial charge in [-0.15, -0.1) is 0 Å². The molecule has 0 radical (unpaired) electrons. The number of hydrogen-bond acceptors (Lipinski definition) is 6. The first kappa shape index (κ1) is 15.4. The summed E-state index contributed by atoms with van der Waals surface area (Å²) < 4.78 is 16.3. The Morgan fingerprint density at radius 1 is 1.40 bits per heavy atom. The van der Waals surface area contributed by atoms with Crippen LogP contribution in [0.4, 0.5) is 0 Å². The van der Waals surface area contributed by atoms with Crippen molar-refractivity contribution in [1.82, 2.24) is 10.1 Å².